The number of nitrogens with zero attached hydrogens (tertiary/aromatic N) is 3. The first kappa shape index (κ1) is 16.2. The first-order chi connectivity index (χ1) is 12.6. The number of carbonyl (C=O) groups excluding carboxylic acids is 1. The number of oxazole rings is 1. The highest BCUT2D eigenvalue weighted by molar-refractivity contribution is 7.13. The molecule has 0 unspecified atom stereocenters. The minimum Gasteiger partial charge on any atom is -0.440 e. The number of amides is 1. The number of para-hydroxylation sites is 1. The second kappa shape index (κ2) is 6.57. The predicted molar refractivity (Wildman–Crippen MR) is 97.0 cm³/mol. The molecule has 0 fully saturated rings. The van der Waals surface area contributed by atoms with Gasteiger partial charge in [-0.25, -0.2) is 4.98 Å². The smallest absolute Gasteiger partial charge is 0.277 e. The zero-order valence-corrected chi connectivity index (χ0v) is 14.8. The Morgan fingerprint density at radius 3 is 2.69 bits per heavy atom. The van der Waals surface area contributed by atoms with Gasteiger partial charge < -0.3 is 14.3 Å². The van der Waals surface area contributed by atoms with Gasteiger partial charge in [0.1, 0.15) is 5.76 Å². The average Bonchev–Trinajstić information content (AvgIpc) is 3.36. The lowest BCUT2D eigenvalue weighted by atomic mass is 10.1. The number of aromatic nitrogens is 3. The van der Waals surface area contributed by atoms with Crippen LogP contribution in [0.3, 0.4) is 0 Å². The molecule has 3 aromatic heterocycles. The third-order valence-corrected chi connectivity index (χ3v) is 4.55. The van der Waals surface area contributed by atoms with Gasteiger partial charge in [-0.05, 0) is 30.5 Å². The van der Waals surface area contributed by atoms with Crippen molar-refractivity contribution in [3.8, 4) is 22.2 Å². The summed E-state index contributed by atoms with van der Waals surface area (Å²) in [7, 11) is 0. The highest BCUT2D eigenvalue weighted by Gasteiger charge is 2.20. The summed E-state index contributed by atoms with van der Waals surface area (Å²) in [5.74, 6) is 1.40. The molecule has 130 valence electrons. The summed E-state index contributed by atoms with van der Waals surface area (Å²) >= 11 is 1.50. The molecule has 0 aliphatic rings. The molecule has 4 aromatic rings. The number of nitrogens with one attached hydrogen (secondary N) is 1. The van der Waals surface area contributed by atoms with Crippen LogP contribution in [0.5, 0.6) is 0 Å². The van der Waals surface area contributed by atoms with Gasteiger partial charge in [-0.3, -0.25) is 4.79 Å². The van der Waals surface area contributed by atoms with Crippen molar-refractivity contribution in [1.29, 1.82) is 0 Å². The van der Waals surface area contributed by atoms with Crippen LogP contribution >= 0.6 is 11.3 Å². The van der Waals surface area contributed by atoms with E-state index in [2.05, 4.69) is 20.4 Å². The topological polar surface area (TPSA) is 94.1 Å². The Labute approximate surface area is 152 Å². The summed E-state index contributed by atoms with van der Waals surface area (Å²) in [6.45, 7) is 3.43. The Morgan fingerprint density at radius 1 is 1.12 bits per heavy atom. The molecule has 1 amide bonds. The number of benzene rings is 1. The fraction of sp³-hybridized carbons (Fsp3) is 0.111. The summed E-state index contributed by atoms with van der Waals surface area (Å²) in [5, 5.41) is 8.69. The Hall–Kier alpha value is -3.26. The van der Waals surface area contributed by atoms with Crippen molar-refractivity contribution in [3.63, 3.8) is 0 Å². The highest BCUT2D eigenvalue weighted by atomic mass is 32.1. The van der Waals surface area contributed by atoms with Crippen LogP contribution in [0.15, 0.2) is 50.7 Å². The van der Waals surface area contributed by atoms with Crippen molar-refractivity contribution in [3.05, 3.63) is 59.1 Å². The van der Waals surface area contributed by atoms with E-state index in [1.165, 1.54) is 11.3 Å². The van der Waals surface area contributed by atoms with Crippen LogP contribution in [-0.4, -0.2) is 21.0 Å². The van der Waals surface area contributed by atoms with Crippen molar-refractivity contribution in [2.75, 3.05) is 5.32 Å². The van der Waals surface area contributed by atoms with Crippen LogP contribution in [0, 0.1) is 13.8 Å². The zero-order valence-electron chi connectivity index (χ0n) is 14.0. The monoisotopic (exact) mass is 366 g/mol. The summed E-state index contributed by atoms with van der Waals surface area (Å²) in [5.41, 5.74) is 1.48. The van der Waals surface area contributed by atoms with Gasteiger partial charge >= 0.3 is 0 Å². The molecule has 0 atom stereocenters. The number of hydrogen-bond donors (Lipinski definition) is 1. The van der Waals surface area contributed by atoms with Gasteiger partial charge in [-0.1, -0.05) is 23.4 Å². The van der Waals surface area contributed by atoms with Crippen molar-refractivity contribution in [2.45, 2.75) is 13.8 Å². The zero-order chi connectivity index (χ0) is 18.1. The van der Waals surface area contributed by atoms with E-state index in [9.17, 15) is 4.79 Å². The molecule has 7 nitrogen and oxygen atoms in total. The van der Waals surface area contributed by atoms with Gasteiger partial charge in [0, 0.05) is 12.5 Å². The van der Waals surface area contributed by atoms with Gasteiger partial charge in [-0.15, -0.1) is 11.3 Å². The lowest BCUT2D eigenvalue weighted by Gasteiger charge is -2.07. The summed E-state index contributed by atoms with van der Waals surface area (Å²) in [4.78, 5) is 22.1. The van der Waals surface area contributed by atoms with Crippen LogP contribution in [-0.2, 0) is 0 Å². The van der Waals surface area contributed by atoms with E-state index in [1.54, 1.807) is 19.9 Å². The number of aryl methyl sites for hydroxylation is 2. The molecule has 3 heterocycles. The van der Waals surface area contributed by atoms with Crippen LogP contribution < -0.4 is 5.32 Å². The average molecular weight is 366 g/mol. The normalized spacial score (nSPS) is 10.8. The Kier molecular flexibility index (Phi) is 4.10. The Bertz CT molecular complexity index is 1070. The number of anilines is 1. The number of thiophene rings is 1. The molecule has 26 heavy (non-hydrogen) atoms. The molecule has 0 saturated heterocycles. The van der Waals surface area contributed by atoms with Crippen LogP contribution in [0.25, 0.3) is 22.2 Å². The Balaban J connectivity index is 1.64. The van der Waals surface area contributed by atoms with Crippen LogP contribution in [0.2, 0.25) is 0 Å². The standard InChI is InChI=1S/C18H14N4O3S/c1-10-15(21-18(24-10)14-8-5-9-26-14)17(23)20-13-7-4-3-6-12(13)16-19-11(2)25-22-16/h3-9H,1-2H3,(H,20,23). The number of rotatable bonds is 4. The molecule has 0 spiro atoms. The molecular weight excluding hydrogens is 352 g/mol. The number of hydrogen-bond acceptors (Lipinski definition) is 7. The third kappa shape index (κ3) is 3.02. The van der Waals surface area contributed by atoms with Crippen LogP contribution in [0.1, 0.15) is 22.1 Å². The molecule has 1 N–H and O–H groups in total. The lowest BCUT2D eigenvalue weighted by molar-refractivity contribution is 0.102. The van der Waals surface area contributed by atoms with E-state index in [1.807, 2.05) is 35.7 Å². The van der Waals surface area contributed by atoms with Crippen molar-refractivity contribution in [1.82, 2.24) is 15.1 Å². The van der Waals surface area contributed by atoms with Crippen LogP contribution in [0.4, 0.5) is 5.69 Å². The van der Waals surface area contributed by atoms with E-state index in [4.69, 9.17) is 8.94 Å². The van der Waals surface area contributed by atoms with E-state index in [-0.39, 0.29) is 11.6 Å². The molecule has 0 bridgehead atoms. The summed E-state index contributed by atoms with van der Waals surface area (Å²) < 4.78 is 10.7. The predicted octanol–water partition coefficient (Wildman–Crippen LogP) is 4.32. The van der Waals surface area contributed by atoms with Gasteiger partial charge in [0.2, 0.25) is 17.6 Å². The maximum Gasteiger partial charge on any atom is 0.277 e. The van der Waals surface area contributed by atoms with Gasteiger partial charge in [0.25, 0.3) is 5.91 Å². The SMILES string of the molecule is Cc1nc(-c2ccccc2NC(=O)c2nc(-c3cccs3)oc2C)no1. The largest absolute Gasteiger partial charge is 0.440 e. The minimum absolute atomic E-state index is 0.243. The van der Waals surface area contributed by atoms with Crippen molar-refractivity contribution >= 4 is 22.9 Å². The lowest BCUT2D eigenvalue weighted by Crippen LogP contribution is -2.14. The highest BCUT2D eigenvalue weighted by Crippen LogP contribution is 2.28. The number of carbonyl (C=O) groups is 1. The molecule has 0 saturated carbocycles. The second-order valence-corrected chi connectivity index (χ2v) is 6.49. The molecule has 4 rings (SSSR count). The van der Waals surface area contributed by atoms with Gasteiger partial charge in [-0.2, -0.15) is 4.98 Å². The minimum atomic E-state index is -0.360. The maximum atomic E-state index is 12.7. The fourth-order valence-electron chi connectivity index (χ4n) is 2.49. The third-order valence-electron chi connectivity index (χ3n) is 3.69. The van der Waals surface area contributed by atoms with Gasteiger partial charge in [0.05, 0.1) is 10.6 Å². The quantitative estimate of drug-likeness (QED) is 0.578. The first-order valence-corrected chi connectivity index (χ1v) is 8.72. The summed E-state index contributed by atoms with van der Waals surface area (Å²) in [6, 6.07) is 11.0. The van der Waals surface area contributed by atoms with E-state index in [0.717, 1.165) is 4.88 Å². The fourth-order valence-corrected chi connectivity index (χ4v) is 3.14. The second-order valence-electron chi connectivity index (χ2n) is 5.54. The molecule has 0 aliphatic carbocycles. The molecule has 0 aliphatic heterocycles. The summed E-state index contributed by atoms with van der Waals surface area (Å²) in [6.07, 6.45) is 0. The first-order valence-electron chi connectivity index (χ1n) is 7.84. The van der Waals surface area contributed by atoms with Crippen molar-refractivity contribution < 1.29 is 13.7 Å². The Morgan fingerprint density at radius 2 is 1.96 bits per heavy atom. The van der Waals surface area contributed by atoms with E-state index >= 15 is 0 Å². The van der Waals surface area contributed by atoms with E-state index in [0.29, 0.717) is 34.6 Å². The maximum absolute atomic E-state index is 12.7. The molecule has 8 heteroatoms. The molecular formula is C18H14N4O3S. The van der Waals surface area contributed by atoms with E-state index < -0.39 is 0 Å². The van der Waals surface area contributed by atoms with Gasteiger partial charge in [0.15, 0.2) is 5.69 Å². The molecule has 0 radical (unpaired) electrons. The van der Waals surface area contributed by atoms with Crippen molar-refractivity contribution in [2.24, 2.45) is 0 Å². The molecule has 1 aromatic carbocycles.